The van der Waals surface area contributed by atoms with Crippen molar-refractivity contribution in [3.8, 4) is 0 Å². The van der Waals surface area contributed by atoms with E-state index in [0.29, 0.717) is 17.5 Å². The fraction of sp³-hybridized carbons (Fsp3) is 0.455. The number of aryl methyl sites for hydroxylation is 1. The van der Waals surface area contributed by atoms with Crippen molar-refractivity contribution in [3.63, 3.8) is 0 Å². The Bertz CT molecular complexity index is 840. The van der Waals surface area contributed by atoms with Crippen molar-refractivity contribution in [1.29, 1.82) is 0 Å². The van der Waals surface area contributed by atoms with E-state index in [-0.39, 0.29) is 6.04 Å². The smallest absolute Gasteiger partial charge is 0.240 e. The summed E-state index contributed by atoms with van der Waals surface area (Å²) in [6.45, 7) is 1.25. The number of hydrogen-bond acceptors (Lipinski definition) is 4. The lowest BCUT2D eigenvalue weighted by molar-refractivity contribution is 0.423. The molecule has 2 aromatic rings. The number of nitrogens with two attached hydrogens (primary N) is 1. The predicted molar refractivity (Wildman–Crippen MR) is 114 cm³/mol. The van der Waals surface area contributed by atoms with Crippen molar-refractivity contribution in [3.05, 3.63) is 65.7 Å². The molecule has 2 atom stereocenters. The van der Waals surface area contributed by atoms with E-state index in [1.165, 1.54) is 11.1 Å². The Morgan fingerprint density at radius 1 is 1.00 bits per heavy atom. The van der Waals surface area contributed by atoms with Gasteiger partial charge >= 0.3 is 0 Å². The van der Waals surface area contributed by atoms with Crippen molar-refractivity contribution in [2.75, 3.05) is 13.1 Å². The molecule has 0 spiro atoms. The Kier molecular flexibility index (Phi) is 7.62. The third-order valence-corrected chi connectivity index (χ3v) is 6.84. The second kappa shape index (κ2) is 10.2. The molecule has 2 aromatic carbocycles. The Hall–Kier alpha value is -1.73. The maximum absolute atomic E-state index is 12.1. The molecule has 5 nitrogen and oxygen atoms in total. The summed E-state index contributed by atoms with van der Waals surface area (Å²) in [5.41, 5.74) is 9.17. The summed E-state index contributed by atoms with van der Waals surface area (Å²) in [5, 5.41) is 3.61. The van der Waals surface area contributed by atoms with E-state index in [4.69, 9.17) is 5.73 Å². The SMILES string of the molecule is N[C@@H](CCCCNS(=O)(=O)c1ccccc1)CNC1CCc2ccccc2C1. The van der Waals surface area contributed by atoms with E-state index < -0.39 is 10.0 Å². The zero-order valence-electron chi connectivity index (χ0n) is 16.3. The van der Waals surface area contributed by atoms with Crippen LogP contribution in [-0.4, -0.2) is 33.6 Å². The van der Waals surface area contributed by atoms with Crippen LogP contribution in [0.3, 0.4) is 0 Å². The second-order valence-electron chi connectivity index (χ2n) is 7.58. The first-order valence-electron chi connectivity index (χ1n) is 10.1. The van der Waals surface area contributed by atoms with Gasteiger partial charge in [0.1, 0.15) is 0 Å². The molecule has 0 heterocycles. The van der Waals surface area contributed by atoms with Gasteiger partial charge in [0.15, 0.2) is 0 Å². The van der Waals surface area contributed by atoms with Gasteiger partial charge in [-0.3, -0.25) is 0 Å². The standard InChI is InChI=1S/C22H31N3O2S/c23-20(17-24-21-14-13-18-8-4-5-9-19(18)16-21)10-6-7-15-25-28(26,27)22-11-2-1-3-12-22/h1-5,8-9,11-12,20-21,24-25H,6-7,10,13-17,23H2/t20-,21?/m0/s1. The van der Waals surface area contributed by atoms with Gasteiger partial charge in [0.25, 0.3) is 0 Å². The van der Waals surface area contributed by atoms with Crippen LogP contribution in [0, 0.1) is 0 Å². The minimum absolute atomic E-state index is 0.0999. The number of hydrogen-bond donors (Lipinski definition) is 3. The lowest BCUT2D eigenvalue weighted by Gasteiger charge is -2.26. The number of sulfonamides is 1. The maximum atomic E-state index is 12.1. The van der Waals surface area contributed by atoms with Crippen LogP contribution in [0.25, 0.3) is 0 Å². The fourth-order valence-corrected chi connectivity index (χ4v) is 4.81. The van der Waals surface area contributed by atoms with Crippen molar-refractivity contribution >= 4 is 10.0 Å². The molecule has 0 fully saturated rings. The quantitative estimate of drug-likeness (QED) is 0.534. The molecule has 0 saturated carbocycles. The lowest BCUT2D eigenvalue weighted by Crippen LogP contribution is -2.42. The van der Waals surface area contributed by atoms with Crippen LogP contribution in [0.5, 0.6) is 0 Å². The second-order valence-corrected chi connectivity index (χ2v) is 9.35. The summed E-state index contributed by atoms with van der Waals surface area (Å²) < 4.78 is 27.0. The molecule has 0 saturated heterocycles. The summed E-state index contributed by atoms with van der Waals surface area (Å²) >= 11 is 0. The van der Waals surface area contributed by atoms with Gasteiger partial charge in [-0.2, -0.15) is 0 Å². The van der Waals surface area contributed by atoms with Crippen molar-refractivity contribution in [2.24, 2.45) is 5.73 Å². The number of unbranched alkanes of at least 4 members (excludes halogenated alkanes) is 1. The van der Waals surface area contributed by atoms with E-state index in [1.54, 1.807) is 30.3 Å². The minimum atomic E-state index is -3.40. The maximum Gasteiger partial charge on any atom is 0.240 e. The van der Waals surface area contributed by atoms with Crippen LogP contribution in [-0.2, 0) is 22.9 Å². The molecule has 152 valence electrons. The van der Waals surface area contributed by atoms with E-state index in [9.17, 15) is 8.42 Å². The van der Waals surface area contributed by atoms with Gasteiger partial charge in [0, 0.05) is 25.2 Å². The van der Waals surface area contributed by atoms with Gasteiger partial charge in [-0.1, -0.05) is 48.9 Å². The number of fused-ring (bicyclic) bond motifs is 1. The molecule has 0 aliphatic heterocycles. The van der Waals surface area contributed by atoms with Gasteiger partial charge in [0.05, 0.1) is 4.90 Å². The van der Waals surface area contributed by atoms with E-state index in [2.05, 4.69) is 34.3 Å². The Balaban J connectivity index is 1.30. The monoisotopic (exact) mass is 401 g/mol. The van der Waals surface area contributed by atoms with Crippen LogP contribution in [0.2, 0.25) is 0 Å². The van der Waals surface area contributed by atoms with Gasteiger partial charge in [0.2, 0.25) is 10.0 Å². The van der Waals surface area contributed by atoms with E-state index >= 15 is 0 Å². The third kappa shape index (κ3) is 6.14. The molecule has 6 heteroatoms. The first-order valence-corrected chi connectivity index (χ1v) is 11.6. The normalized spacial score (nSPS) is 17.8. The Morgan fingerprint density at radius 3 is 2.50 bits per heavy atom. The summed E-state index contributed by atoms with van der Waals surface area (Å²) in [4.78, 5) is 0.310. The van der Waals surface area contributed by atoms with Crippen molar-refractivity contribution in [2.45, 2.75) is 55.5 Å². The first kappa shape index (κ1) is 21.0. The van der Waals surface area contributed by atoms with Crippen LogP contribution in [0.15, 0.2) is 59.5 Å². The average molecular weight is 402 g/mol. The highest BCUT2D eigenvalue weighted by Crippen LogP contribution is 2.21. The average Bonchev–Trinajstić information content (AvgIpc) is 2.72. The molecule has 28 heavy (non-hydrogen) atoms. The highest BCUT2D eigenvalue weighted by atomic mass is 32.2. The Morgan fingerprint density at radius 2 is 1.71 bits per heavy atom. The number of rotatable bonds is 10. The topological polar surface area (TPSA) is 84.2 Å². The molecule has 4 N–H and O–H groups in total. The van der Waals surface area contributed by atoms with Crippen LogP contribution < -0.4 is 15.8 Å². The molecule has 0 radical (unpaired) electrons. The highest BCUT2D eigenvalue weighted by molar-refractivity contribution is 7.89. The first-order chi connectivity index (χ1) is 13.5. The van der Waals surface area contributed by atoms with Crippen LogP contribution in [0.4, 0.5) is 0 Å². The zero-order valence-corrected chi connectivity index (χ0v) is 17.1. The third-order valence-electron chi connectivity index (χ3n) is 5.36. The largest absolute Gasteiger partial charge is 0.327 e. The molecule has 0 amide bonds. The number of nitrogens with one attached hydrogen (secondary N) is 2. The van der Waals surface area contributed by atoms with Gasteiger partial charge < -0.3 is 11.1 Å². The molecular weight excluding hydrogens is 370 g/mol. The van der Waals surface area contributed by atoms with E-state index in [0.717, 1.165) is 45.1 Å². The fourth-order valence-electron chi connectivity index (χ4n) is 3.71. The summed E-state index contributed by atoms with van der Waals surface area (Å²) in [6, 6.07) is 17.7. The highest BCUT2D eigenvalue weighted by Gasteiger charge is 2.18. The molecule has 1 aliphatic carbocycles. The van der Waals surface area contributed by atoms with E-state index in [1.807, 2.05) is 0 Å². The summed E-state index contributed by atoms with van der Waals surface area (Å²) in [6.07, 6.45) is 5.95. The van der Waals surface area contributed by atoms with Crippen molar-refractivity contribution < 1.29 is 8.42 Å². The zero-order chi connectivity index (χ0) is 19.8. The molecule has 1 unspecified atom stereocenters. The Labute approximate surface area is 168 Å². The predicted octanol–water partition coefficient (Wildman–Crippen LogP) is 2.61. The van der Waals surface area contributed by atoms with Gasteiger partial charge in [-0.25, -0.2) is 13.1 Å². The molecule has 0 bridgehead atoms. The van der Waals surface area contributed by atoms with Crippen molar-refractivity contribution in [1.82, 2.24) is 10.0 Å². The molecular formula is C22H31N3O2S. The van der Waals surface area contributed by atoms with Crippen LogP contribution in [0.1, 0.15) is 36.8 Å². The molecule has 3 rings (SSSR count). The lowest BCUT2D eigenvalue weighted by atomic mass is 9.88. The summed E-state index contributed by atoms with van der Waals surface area (Å²) in [5.74, 6) is 0. The van der Waals surface area contributed by atoms with Gasteiger partial charge in [-0.15, -0.1) is 0 Å². The van der Waals surface area contributed by atoms with Gasteiger partial charge in [-0.05, 0) is 55.4 Å². The van der Waals surface area contributed by atoms with Crippen LogP contribution >= 0.6 is 0 Å². The summed E-state index contributed by atoms with van der Waals surface area (Å²) in [7, 11) is -3.40. The molecule has 0 aromatic heterocycles. The molecule has 1 aliphatic rings. The minimum Gasteiger partial charge on any atom is -0.327 e. The number of benzene rings is 2.